The third kappa shape index (κ3) is 6.03. The maximum absolute atomic E-state index is 9.24. The first kappa shape index (κ1) is 15.9. The van der Waals surface area contributed by atoms with E-state index < -0.39 is 0 Å². The summed E-state index contributed by atoms with van der Waals surface area (Å²) in [5.41, 5.74) is 1.59. The van der Waals surface area contributed by atoms with E-state index in [1.165, 1.54) is 0 Å². The largest absolute Gasteiger partial charge is 0.475 e. The first-order valence-electron chi connectivity index (χ1n) is 6.70. The second-order valence-corrected chi connectivity index (χ2v) is 5.86. The molecule has 0 atom stereocenters. The SMILES string of the molecule is CC(C)c1cc(CO)cc(OCCOC(C)(C)C)n1. The molecule has 0 bridgehead atoms. The molecule has 1 heterocycles. The lowest BCUT2D eigenvalue weighted by Crippen LogP contribution is -2.22. The highest BCUT2D eigenvalue weighted by Crippen LogP contribution is 2.19. The van der Waals surface area contributed by atoms with E-state index in [9.17, 15) is 5.11 Å². The lowest BCUT2D eigenvalue weighted by molar-refractivity contribution is -0.0168. The summed E-state index contributed by atoms with van der Waals surface area (Å²) in [6.07, 6.45) is 0. The van der Waals surface area contributed by atoms with Crippen LogP contribution in [0.2, 0.25) is 0 Å². The first-order valence-corrected chi connectivity index (χ1v) is 6.70. The Hall–Kier alpha value is -1.13. The molecule has 0 aromatic carbocycles. The van der Waals surface area contributed by atoms with Crippen molar-refractivity contribution in [1.29, 1.82) is 0 Å². The summed E-state index contributed by atoms with van der Waals surface area (Å²) < 4.78 is 11.2. The predicted molar refractivity (Wildman–Crippen MR) is 75.4 cm³/mol. The van der Waals surface area contributed by atoms with Crippen LogP contribution in [0.15, 0.2) is 12.1 Å². The number of hydrogen-bond donors (Lipinski definition) is 1. The monoisotopic (exact) mass is 267 g/mol. The number of pyridine rings is 1. The van der Waals surface area contributed by atoms with Gasteiger partial charge in [0.25, 0.3) is 0 Å². The zero-order chi connectivity index (χ0) is 14.5. The van der Waals surface area contributed by atoms with Crippen molar-refractivity contribution < 1.29 is 14.6 Å². The fraction of sp³-hybridized carbons (Fsp3) is 0.667. The number of aliphatic hydroxyl groups is 1. The molecule has 4 heteroatoms. The molecule has 4 nitrogen and oxygen atoms in total. The fourth-order valence-corrected chi connectivity index (χ4v) is 1.54. The van der Waals surface area contributed by atoms with Gasteiger partial charge < -0.3 is 14.6 Å². The van der Waals surface area contributed by atoms with Crippen LogP contribution in [0.5, 0.6) is 5.88 Å². The van der Waals surface area contributed by atoms with Gasteiger partial charge in [0, 0.05) is 11.8 Å². The minimum absolute atomic E-state index is 0.00289. The molecule has 1 rings (SSSR count). The van der Waals surface area contributed by atoms with Crippen LogP contribution in [-0.2, 0) is 11.3 Å². The average molecular weight is 267 g/mol. The summed E-state index contributed by atoms with van der Waals surface area (Å²) in [5, 5.41) is 9.24. The molecule has 0 saturated heterocycles. The van der Waals surface area contributed by atoms with Gasteiger partial charge in [-0.05, 0) is 38.3 Å². The van der Waals surface area contributed by atoms with Crippen LogP contribution < -0.4 is 4.74 Å². The quantitative estimate of drug-likeness (QED) is 0.805. The lowest BCUT2D eigenvalue weighted by Gasteiger charge is -2.19. The molecule has 0 radical (unpaired) electrons. The molecule has 19 heavy (non-hydrogen) atoms. The number of aromatic nitrogens is 1. The molecule has 108 valence electrons. The van der Waals surface area contributed by atoms with Gasteiger partial charge in [-0.1, -0.05) is 13.8 Å². The number of hydrogen-bond acceptors (Lipinski definition) is 4. The van der Waals surface area contributed by atoms with Gasteiger partial charge in [0.1, 0.15) is 6.61 Å². The van der Waals surface area contributed by atoms with Crippen LogP contribution in [0, 0.1) is 0 Å². The van der Waals surface area contributed by atoms with Crippen molar-refractivity contribution in [3.05, 3.63) is 23.4 Å². The Bertz CT molecular complexity index is 397. The van der Waals surface area contributed by atoms with Crippen LogP contribution >= 0.6 is 0 Å². The molecule has 0 aliphatic carbocycles. The minimum Gasteiger partial charge on any atom is -0.475 e. The Morgan fingerprint density at radius 2 is 1.89 bits per heavy atom. The van der Waals surface area contributed by atoms with E-state index in [1.807, 2.05) is 26.8 Å². The first-order chi connectivity index (χ1) is 8.81. The Balaban J connectivity index is 2.60. The fourth-order valence-electron chi connectivity index (χ4n) is 1.54. The van der Waals surface area contributed by atoms with Crippen molar-refractivity contribution >= 4 is 0 Å². The smallest absolute Gasteiger partial charge is 0.213 e. The second kappa shape index (κ2) is 6.87. The highest BCUT2D eigenvalue weighted by molar-refractivity contribution is 5.26. The van der Waals surface area contributed by atoms with Gasteiger partial charge >= 0.3 is 0 Å². The molecular weight excluding hydrogens is 242 g/mol. The highest BCUT2D eigenvalue weighted by atomic mass is 16.5. The molecule has 0 spiro atoms. The molecule has 1 N–H and O–H groups in total. The van der Waals surface area contributed by atoms with Crippen molar-refractivity contribution in [2.75, 3.05) is 13.2 Å². The predicted octanol–water partition coefficient (Wildman–Crippen LogP) is 2.89. The molecule has 1 aromatic rings. The van der Waals surface area contributed by atoms with Crippen LogP contribution in [0.3, 0.4) is 0 Å². The van der Waals surface area contributed by atoms with Gasteiger partial charge in [-0.3, -0.25) is 0 Å². The van der Waals surface area contributed by atoms with Gasteiger partial charge in [-0.25, -0.2) is 4.98 Å². The van der Waals surface area contributed by atoms with Crippen molar-refractivity contribution in [2.24, 2.45) is 0 Å². The van der Waals surface area contributed by atoms with E-state index in [0.29, 0.717) is 25.0 Å². The van der Waals surface area contributed by atoms with E-state index in [0.717, 1.165) is 11.3 Å². The number of rotatable bonds is 6. The molecule has 0 amide bonds. The standard InChI is InChI=1S/C15H25NO3/c1-11(2)13-8-12(10-17)9-14(16-13)18-6-7-19-15(3,4)5/h8-9,11,17H,6-7,10H2,1-5H3. The van der Waals surface area contributed by atoms with Crippen LogP contribution in [0.25, 0.3) is 0 Å². The van der Waals surface area contributed by atoms with Crippen molar-refractivity contribution in [2.45, 2.75) is 52.7 Å². The Labute approximate surface area is 115 Å². The van der Waals surface area contributed by atoms with Crippen LogP contribution in [0.1, 0.15) is 51.8 Å². The van der Waals surface area contributed by atoms with E-state index >= 15 is 0 Å². The van der Waals surface area contributed by atoms with Gasteiger partial charge in [0.2, 0.25) is 5.88 Å². The van der Waals surface area contributed by atoms with E-state index in [4.69, 9.17) is 9.47 Å². The van der Waals surface area contributed by atoms with E-state index in [2.05, 4.69) is 18.8 Å². The number of nitrogens with zero attached hydrogens (tertiary/aromatic N) is 1. The number of aliphatic hydroxyl groups excluding tert-OH is 1. The third-order valence-corrected chi connectivity index (χ3v) is 2.52. The number of ether oxygens (including phenoxy) is 2. The maximum Gasteiger partial charge on any atom is 0.213 e. The summed E-state index contributed by atoms with van der Waals surface area (Å²) in [5.74, 6) is 0.854. The Kier molecular flexibility index (Phi) is 5.76. The lowest BCUT2D eigenvalue weighted by atomic mass is 10.1. The molecular formula is C15H25NO3. The van der Waals surface area contributed by atoms with Crippen LogP contribution in [0.4, 0.5) is 0 Å². The summed E-state index contributed by atoms with van der Waals surface area (Å²) in [6, 6.07) is 3.67. The summed E-state index contributed by atoms with van der Waals surface area (Å²) in [6.45, 7) is 11.1. The molecule has 0 aliphatic heterocycles. The second-order valence-electron chi connectivity index (χ2n) is 5.86. The molecule has 0 unspecified atom stereocenters. The minimum atomic E-state index is -0.160. The zero-order valence-corrected chi connectivity index (χ0v) is 12.6. The van der Waals surface area contributed by atoms with E-state index in [-0.39, 0.29) is 12.2 Å². The van der Waals surface area contributed by atoms with Gasteiger partial charge in [0.15, 0.2) is 0 Å². The third-order valence-electron chi connectivity index (χ3n) is 2.52. The van der Waals surface area contributed by atoms with Crippen molar-refractivity contribution in [1.82, 2.24) is 4.98 Å². The summed E-state index contributed by atoms with van der Waals surface area (Å²) >= 11 is 0. The summed E-state index contributed by atoms with van der Waals surface area (Å²) in [7, 11) is 0. The topological polar surface area (TPSA) is 51.6 Å². The molecule has 0 fully saturated rings. The Morgan fingerprint density at radius 1 is 1.21 bits per heavy atom. The van der Waals surface area contributed by atoms with Crippen LogP contribution in [-0.4, -0.2) is 28.9 Å². The highest BCUT2D eigenvalue weighted by Gasteiger charge is 2.10. The molecule has 1 aromatic heterocycles. The normalized spacial score (nSPS) is 11.9. The van der Waals surface area contributed by atoms with Gasteiger partial charge in [-0.2, -0.15) is 0 Å². The Morgan fingerprint density at radius 3 is 2.42 bits per heavy atom. The average Bonchev–Trinajstić information content (AvgIpc) is 2.33. The van der Waals surface area contributed by atoms with Gasteiger partial charge in [-0.15, -0.1) is 0 Å². The van der Waals surface area contributed by atoms with Gasteiger partial charge in [0.05, 0.1) is 18.8 Å². The van der Waals surface area contributed by atoms with Crippen molar-refractivity contribution in [3.8, 4) is 5.88 Å². The van der Waals surface area contributed by atoms with E-state index in [1.54, 1.807) is 6.07 Å². The maximum atomic E-state index is 9.24. The molecule has 0 saturated carbocycles. The molecule has 0 aliphatic rings. The zero-order valence-electron chi connectivity index (χ0n) is 12.6. The van der Waals surface area contributed by atoms with Crippen molar-refractivity contribution in [3.63, 3.8) is 0 Å². The summed E-state index contributed by atoms with van der Waals surface area (Å²) in [4.78, 5) is 4.43.